The van der Waals surface area contributed by atoms with Crippen LogP contribution in [0, 0.1) is 5.41 Å². The van der Waals surface area contributed by atoms with Gasteiger partial charge in [0.15, 0.2) is 0 Å². The van der Waals surface area contributed by atoms with Gasteiger partial charge in [-0.05, 0) is 38.5 Å². The smallest absolute Gasteiger partial charge is 0.138 e. The zero-order valence-electron chi connectivity index (χ0n) is 12.2. The van der Waals surface area contributed by atoms with Crippen molar-refractivity contribution in [1.82, 2.24) is 0 Å². The van der Waals surface area contributed by atoms with Gasteiger partial charge in [0, 0.05) is 6.42 Å². The third kappa shape index (κ3) is 4.92. The van der Waals surface area contributed by atoms with Crippen LogP contribution in [-0.2, 0) is 11.2 Å². The maximum Gasteiger partial charge on any atom is 0.138 e. The molecule has 4 N–H and O–H groups in total. The third-order valence-electron chi connectivity index (χ3n) is 3.32. The molecule has 0 heterocycles. The summed E-state index contributed by atoms with van der Waals surface area (Å²) in [7, 11) is 0. The molecule has 2 atom stereocenters. The molecule has 0 saturated carbocycles. The van der Waals surface area contributed by atoms with Crippen LogP contribution >= 0.6 is 0 Å². The second-order valence-corrected chi connectivity index (χ2v) is 5.63. The van der Waals surface area contributed by atoms with Gasteiger partial charge in [-0.1, -0.05) is 12.1 Å². The van der Waals surface area contributed by atoms with E-state index in [2.05, 4.69) is 0 Å². The van der Waals surface area contributed by atoms with Crippen LogP contribution in [0.4, 0.5) is 0 Å². The summed E-state index contributed by atoms with van der Waals surface area (Å²) >= 11 is 0. The van der Waals surface area contributed by atoms with Crippen molar-refractivity contribution in [2.24, 2.45) is 11.1 Å². The molecule has 1 rings (SSSR count). The standard InChI is InChI=1S/C15H23NO4/c1-10(17)15(2,3)9-20-12-6-4-11(5-7-12)8-13(18)14(16)19/h4-7,13-14,18-19H,8-9,16H2,1-3H3. The number of Topliss-reactive ketones (excluding diaryl/α,β-unsaturated/α-hetero) is 1. The van der Waals surface area contributed by atoms with Gasteiger partial charge in [0.05, 0.1) is 11.5 Å². The number of carbonyl (C=O) groups is 1. The maximum atomic E-state index is 11.4. The van der Waals surface area contributed by atoms with Crippen LogP contribution in [0.2, 0.25) is 0 Å². The zero-order chi connectivity index (χ0) is 15.3. The van der Waals surface area contributed by atoms with Crippen LogP contribution in [0.1, 0.15) is 26.3 Å². The Morgan fingerprint density at radius 2 is 1.85 bits per heavy atom. The predicted octanol–water partition coefficient (Wildman–Crippen LogP) is 0.861. The van der Waals surface area contributed by atoms with E-state index in [1.54, 1.807) is 31.2 Å². The molecular weight excluding hydrogens is 258 g/mol. The summed E-state index contributed by atoms with van der Waals surface area (Å²) in [4.78, 5) is 11.4. The minimum Gasteiger partial charge on any atom is -0.493 e. The molecule has 20 heavy (non-hydrogen) atoms. The zero-order valence-corrected chi connectivity index (χ0v) is 12.2. The molecule has 0 fully saturated rings. The number of ketones is 1. The number of hydrogen-bond acceptors (Lipinski definition) is 5. The lowest BCUT2D eigenvalue weighted by Gasteiger charge is -2.21. The van der Waals surface area contributed by atoms with Crippen LogP contribution in [-0.4, -0.2) is 34.9 Å². The van der Waals surface area contributed by atoms with E-state index in [0.29, 0.717) is 12.4 Å². The van der Waals surface area contributed by atoms with E-state index in [1.165, 1.54) is 0 Å². The number of ether oxygens (including phenoxy) is 1. The van der Waals surface area contributed by atoms with E-state index >= 15 is 0 Å². The quantitative estimate of drug-likeness (QED) is 0.645. The fraction of sp³-hybridized carbons (Fsp3) is 0.533. The van der Waals surface area contributed by atoms with E-state index in [-0.39, 0.29) is 12.2 Å². The van der Waals surface area contributed by atoms with E-state index in [9.17, 15) is 9.90 Å². The first-order valence-electron chi connectivity index (χ1n) is 6.57. The average molecular weight is 281 g/mol. The minimum atomic E-state index is -1.25. The van der Waals surface area contributed by atoms with E-state index < -0.39 is 17.7 Å². The van der Waals surface area contributed by atoms with Crippen LogP contribution in [0.25, 0.3) is 0 Å². The van der Waals surface area contributed by atoms with Crippen molar-refractivity contribution in [3.63, 3.8) is 0 Å². The van der Waals surface area contributed by atoms with Crippen LogP contribution in [0.15, 0.2) is 24.3 Å². The maximum absolute atomic E-state index is 11.4. The first kappa shape index (κ1) is 16.6. The molecule has 0 bridgehead atoms. The lowest BCUT2D eigenvalue weighted by molar-refractivity contribution is -0.126. The minimum absolute atomic E-state index is 0.0779. The first-order chi connectivity index (χ1) is 9.22. The number of aliphatic hydroxyl groups is 2. The molecule has 2 unspecified atom stereocenters. The Bertz CT molecular complexity index is 440. The highest BCUT2D eigenvalue weighted by Crippen LogP contribution is 2.20. The molecule has 112 valence electrons. The van der Waals surface area contributed by atoms with Gasteiger partial charge in [-0.2, -0.15) is 0 Å². The lowest BCUT2D eigenvalue weighted by atomic mass is 9.90. The number of nitrogens with two attached hydrogens (primary N) is 1. The van der Waals surface area contributed by atoms with Crippen molar-refractivity contribution < 1.29 is 19.7 Å². The first-order valence-corrected chi connectivity index (χ1v) is 6.57. The van der Waals surface area contributed by atoms with E-state index in [0.717, 1.165) is 5.56 Å². The Kier molecular flexibility index (Phi) is 5.68. The molecule has 0 radical (unpaired) electrons. The molecule has 1 aromatic rings. The number of aliphatic hydroxyl groups excluding tert-OH is 2. The molecule has 0 aromatic heterocycles. The summed E-state index contributed by atoms with van der Waals surface area (Å²) in [5, 5.41) is 18.5. The summed E-state index contributed by atoms with van der Waals surface area (Å²) in [6.45, 7) is 5.53. The van der Waals surface area contributed by atoms with E-state index in [4.69, 9.17) is 15.6 Å². The third-order valence-corrected chi connectivity index (χ3v) is 3.32. The Morgan fingerprint density at radius 3 is 2.30 bits per heavy atom. The van der Waals surface area contributed by atoms with Gasteiger partial charge in [-0.15, -0.1) is 0 Å². The Hall–Kier alpha value is -1.43. The van der Waals surface area contributed by atoms with Gasteiger partial charge in [0.2, 0.25) is 0 Å². The van der Waals surface area contributed by atoms with Crippen molar-refractivity contribution in [1.29, 1.82) is 0 Å². The summed E-state index contributed by atoms with van der Waals surface area (Å²) in [6, 6.07) is 7.12. The van der Waals surface area contributed by atoms with Crippen molar-refractivity contribution in [2.75, 3.05) is 6.61 Å². The fourth-order valence-corrected chi connectivity index (χ4v) is 1.45. The number of carbonyl (C=O) groups excluding carboxylic acids is 1. The Labute approximate surface area is 119 Å². The molecule has 5 nitrogen and oxygen atoms in total. The van der Waals surface area contributed by atoms with Crippen molar-refractivity contribution >= 4 is 5.78 Å². The molecule has 1 aromatic carbocycles. The van der Waals surface area contributed by atoms with Crippen molar-refractivity contribution in [3.8, 4) is 5.75 Å². The monoisotopic (exact) mass is 281 g/mol. The Morgan fingerprint density at radius 1 is 1.30 bits per heavy atom. The molecule has 0 aliphatic heterocycles. The summed E-state index contributed by atoms with van der Waals surface area (Å²) < 4.78 is 5.58. The largest absolute Gasteiger partial charge is 0.493 e. The van der Waals surface area contributed by atoms with Gasteiger partial charge in [0.25, 0.3) is 0 Å². The molecule has 0 aliphatic carbocycles. The van der Waals surface area contributed by atoms with Gasteiger partial charge in [0.1, 0.15) is 24.4 Å². The molecule has 0 aliphatic rings. The molecular formula is C15H23NO4. The van der Waals surface area contributed by atoms with Crippen LogP contribution in [0.5, 0.6) is 5.75 Å². The molecule has 0 spiro atoms. The van der Waals surface area contributed by atoms with Crippen LogP contribution in [0.3, 0.4) is 0 Å². The molecule has 5 heteroatoms. The normalized spacial score (nSPS) is 14.7. The summed E-state index contributed by atoms with van der Waals surface area (Å²) in [6.07, 6.45) is -1.96. The molecule has 0 amide bonds. The fourth-order valence-electron chi connectivity index (χ4n) is 1.45. The van der Waals surface area contributed by atoms with Crippen LogP contribution < -0.4 is 10.5 Å². The lowest BCUT2D eigenvalue weighted by Crippen LogP contribution is -2.35. The highest BCUT2D eigenvalue weighted by atomic mass is 16.5. The second kappa shape index (κ2) is 6.83. The van der Waals surface area contributed by atoms with Crippen molar-refractivity contribution in [3.05, 3.63) is 29.8 Å². The van der Waals surface area contributed by atoms with Gasteiger partial charge in [-0.25, -0.2) is 0 Å². The predicted molar refractivity (Wildman–Crippen MR) is 76.3 cm³/mol. The highest BCUT2D eigenvalue weighted by Gasteiger charge is 2.24. The SMILES string of the molecule is CC(=O)C(C)(C)COc1ccc(CC(O)C(N)O)cc1. The number of rotatable bonds is 7. The van der Waals surface area contributed by atoms with Gasteiger partial charge >= 0.3 is 0 Å². The Balaban J connectivity index is 2.57. The number of benzene rings is 1. The molecule has 0 saturated heterocycles. The second-order valence-electron chi connectivity index (χ2n) is 5.63. The van der Waals surface area contributed by atoms with E-state index in [1.807, 2.05) is 13.8 Å². The average Bonchev–Trinajstić information content (AvgIpc) is 2.37. The summed E-state index contributed by atoms with van der Waals surface area (Å²) in [5.74, 6) is 0.736. The number of hydrogen-bond donors (Lipinski definition) is 3. The topological polar surface area (TPSA) is 92.8 Å². The highest BCUT2D eigenvalue weighted by molar-refractivity contribution is 5.81. The van der Waals surface area contributed by atoms with Gasteiger partial charge in [-0.3, -0.25) is 4.79 Å². The summed E-state index contributed by atoms with van der Waals surface area (Å²) in [5.41, 5.74) is 5.52. The van der Waals surface area contributed by atoms with Crippen molar-refractivity contribution in [2.45, 2.75) is 39.5 Å². The van der Waals surface area contributed by atoms with Gasteiger partial charge < -0.3 is 20.7 Å².